The molecule has 0 fully saturated rings. The van der Waals surface area contributed by atoms with E-state index in [1.165, 1.54) is 0 Å². The van der Waals surface area contributed by atoms with Crippen LogP contribution in [0.15, 0.2) is 30.7 Å². The molecule has 0 amide bonds. The van der Waals surface area contributed by atoms with Crippen molar-refractivity contribution in [2.24, 2.45) is 0 Å². The lowest BCUT2D eigenvalue weighted by molar-refractivity contribution is 0.169. The highest BCUT2D eigenvalue weighted by atomic mass is 16.3. The number of aliphatic hydroxyl groups excluding tert-OH is 1. The molecule has 0 aromatic carbocycles. The molecule has 1 aliphatic rings. The van der Waals surface area contributed by atoms with E-state index < -0.39 is 6.10 Å². The highest BCUT2D eigenvalue weighted by molar-refractivity contribution is 5.45. The Kier molecular flexibility index (Phi) is 3.21. The summed E-state index contributed by atoms with van der Waals surface area (Å²) in [7, 11) is 0. The number of pyridine rings is 1. The van der Waals surface area contributed by atoms with Crippen LogP contribution in [0.1, 0.15) is 31.0 Å². The average Bonchev–Trinajstić information content (AvgIpc) is 2.94. The summed E-state index contributed by atoms with van der Waals surface area (Å²) < 4.78 is 2.18. The first-order chi connectivity index (χ1) is 9.28. The molecule has 3 heterocycles. The average molecular weight is 258 g/mol. The van der Waals surface area contributed by atoms with Crippen molar-refractivity contribution in [3.8, 4) is 0 Å². The number of nitrogens with zero attached hydrogens (tertiary/aromatic N) is 4. The second kappa shape index (κ2) is 5.01. The molecule has 2 aromatic heterocycles. The van der Waals surface area contributed by atoms with E-state index in [1.54, 1.807) is 0 Å². The molecular formula is C14H18N4O. The second-order valence-corrected chi connectivity index (χ2v) is 4.82. The summed E-state index contributed by atoms with van der Waals surface area (Å²) in [6.07, 6.45) is 5.93. The van der Waals surface area contributed by atoms with E-state index in [2.05, 4.69) is 19.4 Å². The number of hydrogen-bond acceptors (Lipinski definition) is 4. The molecule has 0 aliphatic carbocycles. The summed E-state index contributed by atoms with van der Waals surface area (Å²) in [5.41, 5.74) is 1.83. The van der Waals surface area contributed by atoms with E-state index in [-0.39, 0.29) is 0 Å². The molecule has 0 spiro atoms. The minimum atomic E-state index is -0.464. The maximum atomic E-state index is 9.74. The molecule has 1 N–H and O–H groups in total. The van der Waals surface area contributed by atoms with E-state index >= 15 is 0 Å². The molecule has 0 bridgehead atoms. The Balaban J connectivity index is 1.77. The molecule has 5 heteroatoms. The van der Waals surface area contributed by atoms with Crippen molar-refractivity contribution in [3.05, 3.63) is 42.2 Å². The summed E-state index contributed by atoms with van der Waals surface area (Å²) >= 11 is 0. The molecule has 1 aliphatic heterocycles. The summed E-state index contributed by atoms with van der Waals surface area (Å²) in [6.45, 7) is 4.67. The van der Waals surface area contributed by atoms with Gasteiger partial charge in [-0.25, -0.2) is 4.98 Å². The van der Waals surface area contributed by atoms with Crippen LogP contribution in [0.4, 0.5) is 5.69 Å². The van der Waals surface area contributed by atoms with Crippen molar-refractivity contribution in [3.63, 3.8) is 0 Å². The Bertz CT molecular complexity index is 549. The Hall–Kier alpha value is -1.88. The highest BCUT2D eigenvalue weighted by Crippen LogP contribution is 2.21. The van der Waals surface area contributed by atoms with Crippen LogP contribution < -0.4 is 4.90 Å². The molecule has 0 radical (unpaired) electrons. The number of imidazole rings is 1. The normalized spacial score (nSPS) is 16.2. The summed E-state index contributed by atoms with van der Waals surface area (Å²) in [6, 6.07) is 3.93. The van der Waals surface area contributed by atoms with Crippen LogP contribution in [0.2, 0.25) is 0 Å². The summed E-state index contributed by atoms with van der Waals surface area (Å²) in [5.74, 6) is 1.09. The van der Waals surface area contributed by atoms with Crippen LogP contribution in [0.25, 0.3) is 0 Å². The molecule has 100 valence electrons. The predicted molar refractivity (Wildman–Crippen MR) is 72.8 cm³/mol. The SMILES string of the molecule is CCC(O)c1ccc(N2CCn3ccnc3C2)cn1. The maximum Gasteiger partial charge on any atom is 0.128 e. The van der Waals surface area contributed by atoms with Gasteiger partial charge < -0.3 is 14.6 Å². The smallest absolute Gasteiger partial charge is 0.128 e. The van der Waals surface area contributed by atoms with Crippen molar-refractivity contribution in [2.75, 3.05) is 11.4 Å². The van der Waals surface area contributed by atoms with Crippen LogP contribution >= 0.6 is 0 Å². The molecule has 0 saturated heterocycles. The lowest BCUT2D eigenvalue weighted by Crippen LogP contribution is -2.33. The third kappa shape index (κ3) is 2.33. The van der Waals surface area contributed by atoms with Gasteiger partial charge in [-0.15, -0.1) is 0 Å². The zero-order valence-corrected chi connectivity index (χ0v) is 11.0. The standard InChI is InChI=1S/C14H18N4O/c1-2-13(19)12-4-3-11(9-16-12)18-8-7-17-6-5-15-14(17)10-18/h3-6,9,13,19H,2,7-8,10H2,1H3. The fourth-order valence-electron chi connectivity index (χ4n) is 2.38. The van der Waals surface area contributed by atoms with Gasteiger partial charge in [-0.1, -0.05) is 6.92 Å². The molecule has 19 heavy (non-hydrogen) atoms. The predicted octanol–water partition coefficient (Wildman–Crippen LogP) is 1.74. The number of fused-ring (bicyclic) bond motifs is 1. The van der Waals surface area contributed by atoms with Gasteiger partial charge in [0.1, 0.15) is 5.82 Å². The minimum absolute atomic E-state index is 0.464. The van der Waals surface area contributed by atoms with Crippen molar-refractivity contribution in [1.29, 1.82) is 0 Å². The Morgan fingerprint density at radius 1 is 1.32 bits per heavy atom. The van der Waals surface area contributed by atoms with E-state index in [4.69, 9.17) is 0 Å². The zero-order valence-electron chi connectivity index (χ0n) is 11.0. The quantitative estimate of drug-likeness (QED) is 0.911. The van der Waals surface area contributed by atoms with Crippen LogP contribution in [-0.4, -0.2) is 26.2 Å². The number of anilines is 1. The molecule has 5 nitrogen and oxygen atoms in total. The maximum absolute atomic E-state index is 9.74. The van der Waals surface area contributed by atoms with Gasteiger partial charge in [0.25, 0.3) is 0 Å². The van der Waals surface area contributed by atoms with Crippen molar-refractivity contribution < 1.29 is 5.11 Å². The fourth-order valence-corrected chi connectivity index (χ4v) is 2.38. The lowest BCUT2D eigenvalue weighted by Gasteiger charge is -2.29. The van der Waals surface area contributed by atoms with Crippen LogP contribution in [0, 0.1) is 0 Å². The van der Waals surface area contributed by atoms with E-state index in [9.17, 15) is 5.11 Å². The summed E-state index contributed by atoms with van der Waals surface area (Å²) in [5, 5.41) is 9.74. The van der Waals surface area contributed by atoms with Gasteiger partial charge in [-0.2, -0.15) is 0 Å². The van der Waals surface area contributed by atoms with Crippen molar-refractivity contribution >= 4 is 5.69 Å². The van der Waals surface area contributed by atoms with Gasteiger partial charge in [0, 0.05) is 25.5 Å². The van der Waals surface area contributed by atoms with Gasteiger partial charge in [0.2, 0.25) is 0 Å². The molecular weight excluding hydrogens is 240 g/mol. The molecule has 3 rings (SSSR count). The first-order valence-electron chi connectivity index (χ1n) is 6.67. The zero-order chi connectivity index (χ0) is 13.2. The number of rotatable bonds is 3. The van der Waals surface area contributed by atoms with Crippen LogP contribution in [0.3, 0.4) is 0 Å². The molecule has 1 unspecified atom stereocenters. The first-order valence-corrected chi connectivity index (χ1v) is 6.67. The Labute approximate surface area is 112 Å². The van der Waals surface area contributed by atoms with Gasteiger partial charge in [-0.3, -0.25) is 4.98 Å². The Morgan fingerprint density at radius 3 is 2.95 bits per heavy atom. The van der Waals surface area contributed by atoms with E-state index in [0.717, 1.165) is 36.8 Å². The second-order valence-electron chi connectivity index (χ2n) is 4.82. The van der Waals surface area contributed by atoms with Crippen molar-refractivity contribution in [1.82, 2.24) is 14.5 Å². The summed E-state index contributed by atoms with van der Waals surface area (Å²) in [4.78, 5) is 11.0. The minimum Gasteiger partial charge on any atom is -0.387 e. The van der Waals surface area contributed by atoms with Gasteiger partial charge in [-0.05, 0) is 18.6 Å². The monoisotopic (exact) mass is 258 g/mol. The van der Waals surface area contributed by atoms with Gasteiger partial charge in [0.05, 0.1) is 30.2 Å². The van der Waals surface area contributed by atoms with Gasteiger partial charge in [0.15, 0.2) is 0 Å². The van der Waals surface area contributed by atoms with E-state index in [0.29, 0.717) is 6.42 Å². The van der Waals surface area contributed by atoms with Gasteiger partial charge >= 0.3 is 0 Å². The number of aromatic nitrogens is 3. The fraction of sp³-hybridized carbons (Fsp3) is 0.429. The molecule has 0 saturated carbocycles. The highest BCUT2D eigenvalue weighted by Gasteiger charge is 2.17. The van der Waals surface area contributed by atoms with Crippen LogP contribution in [-0.2, 0) is 13.1 Å². The topological polar surface area (TPSA) is 54.2 Å². The lowest BCUT2D eigenvalue weighted by atomic mass is 10.2. The first kappa shape index (κ1) is 12.2. The third-order valence-electron chi connectivity index (χ3n) is 3.61. The largest absolute Gasteiger partial charge is 0.387 e. The Morgan fingerprint density at radius 2 is 2.21 bits per heavy atom. The van der Waals surface area contributed by atoms with Crippen molar-refractivity contribution in [2.45, 2.75) is 32.5 Å². The van der Waals surface area contributed by atoms with Crippen LogP contribution in [0.5, 0.6) is 0 Å². The number of hydrogen-bond donors (Lipinski definition) is 1. The molecule has 1 atom stereocenters. The third-order valence-corrected chi connectivity index (χ3v) is 3.61. The van der Waals surface area contributed by atoms with E-state index in [1.807, 2.05) is 37.6 Å². The number of aliphatic hydroxyl groups is 1. The molecule has 2 aromatic rings.